The monoisotopic (exact) mass is 356 g/mol. The number of fused-ring (bicyclic) bond motifs is 1. The predicted molar refractivity (Wildman–Crippen MR) is 103 cm³/mol. The van der Waals surface area contributed by atoms with Crippen LogP contribution in [0.5, 0.6) is 0 Å². The fraction of sp³-hybridized carbons (Fsp3) is 0.316. The van der Waals surface area contributed by atoms with Gasteiger partial charge in [-0.2, -0.15) is 0 Å². The molecule has 1 saturated heterocycles. The molecule has 130 valence electrons. The molecule has 1 N–H and O–H groups in total. The van der Waals surface area contributed by atoms with Gasteiger partial charge < -0.3 is 9.88 Å². The molecule has 1 aliphatic heterocycles. The zero-order valence-electron chi connectivity index (χ0n) is 14.0. The molecule has 0 bridgehead atoms. The first-order valence-corrected chi connectivity index (χ1v) is 8.99. The average Bonchev–Trinajstić information content (AvgIpc) is 2.95. The molecule has 1 aromatic heterocycles. The van der Waals surface area contributed by atoms with Crippen molar-refractivity contribution in [3.63, 3.8) is 0 Å². The topological polar surface area (TPSA) is 44.3 Å². The minimum absolute atomic E-state index is 0.0289. The number of para-hydroxylation sites is 2. The van der Waals surface area contributed by atoms with E-state index in [2.05, 4.69) is 20.9 Å². The maximum Gasteiger partial charge on any atom is 0.326 e. The van der Waals surface area contributed by atoms with Gasteiger partial charge in [0.25, 0.3) is 0 Å². The Kier molecular flexibility index (Phi) is 4.51. The van der Waals surface area contributed by atoms with E-state index in [4.69, 9.17) is 11.6 Å². The van der Waals surface area contributed by atoms with E-state index in [1.807, 2.05) is 47.0 Å². The molecular weight excluding hydrogens is 336 g/mol. The molecule has 1 fully saturated rings. The number of imidazole rings is 1. The summed E-state index contributed by atoms with van der Waals surface area (Å²) in [7, 11) is 0. The minimum Gasteiger partial charge on any atom is -0.369 e. The molecule has 4 rings (SSSR count). The summed E-state index contributed by atoms with van der Waals surface area (Å²) in [6.07, 6.45) is 0. The summed E-state index contributed by atoms with van der Waals surface area (Å²) < 4.78 is 1.83. The zero-order chi connectivity index (χ0) is 17.2. The van der Waals surface area contributed by atoms with Crippen molar-refractivity contribution in [1.82, 2.24) is 14.5 Å². The van der Waals surface area contributed by atoms with E-state index >= 15 is 0 Å². The largest absolute Gasteiger partial charge is 0.369 e. The number of piperazine rings is 1. The van der Waals surface area contributed by atoms with E-state index in [1.54, 1.807) is 0 Å². The molecule has 0 amide bonds. The molecule has 0 aliphatic carbocycles. The highest BCUT2D eigenvalue weighted by atomic mass is 35.5. The SMILES string of the molecule is O=c1[nH]c2ccccc2n1CCN1CCN(c2cccc(Cl)c2)CC1. The molecule has 2 heterocycles. The van der Waals surface area contributed by atoms with Gasteiger partial charge in [-0.05, 0) is 30.3 Å². The van der Waals surface area contributed by atoms with E-state index in [1.165, 1.54) is 5.69 Å². The van der Waals surface area contributed by atoms with Crippen LogP contribution in [-0.4, -0.2) is 47.2 Å². The maximum absolute atomic E-state index is 12.1. The summed E-state index contributed by atoms with van der Waals surface area (Å²) in [5, 5.41) is 0.777. The number of aromatic nitrogens is 2. The Morgan fingerprint density at radius 3 is 2.56 bits per heavy atom. The van der Waals surface area contributed by atoms with Crippen molar-refractivity contribution in [3.05, 3.63) is 64.0 Å². The standard InChI is InChI=1S/C19H21ClN4O/c20-15-4-3-5-16(14-15)23-11-8-22(9-12-23)10-13-24-18-7-2-1-6-17(18)21-19(24)25/h1-7,14H,8-13H2,(H,21,25). The number of nitrogens with one attached hydrogen (secondary N) is 1. The Morgan fingerprint density at radius 2 is 1.76 bits per heavy atom. The molecule has 1 aliphatic rings. The molecule has 3 aromatic rings. The van der Waals surface area contributed by atoms with Crippen molar-refractivity contribution < 1.29 is 0 Å². The number of anilines is 1. The molecule has 0 saturated carbocycles. The summed E-state index contributed by atoms with van der Waals surface area (Å²) in [4.78, 5) is 19.8. The Hall–Kier alpha value is -2.24. The van der Waals surface area contributed by atoms with Gasteiger partial charge in [0.2, 0.25) is 0 Å². The lowest BCUT2D eigenvalue weighted by atomic mass is 10.2. The first-order chi connectivity index (χ1) is 12.2. The lowest BCUT2D eigenvalue weighted by Gasteiger charge is -2.36. The van der Waals surface area contributed by atoms with Gasteiger partial charge in [-0.25, -0.2) is 4.79 Å². The van der Waals surface area contributed by atoms with Crippen LogP contribution in [0.25, 0.3) is 11.0 Å². The number of hydrogen-bond donors (Lipinski definition) is 1. The van der Waals surface area contributed by atoms with Gasteiger partial charge in [-0.1, -0.05) is 29.8 Å². The first kappa shape index (κ1) is 16.2. The van der Waals surface area contributed by atoms with Crippen LogP contribution in [0.2, 0.25) is 5.02 Å². The van der Waals surface area contributed by atoms with Gasteiger partial charge in [0.15, 0.2) is 0 Å². The van der Waals surface area contributed by atoms with E-state index in [9.17, 15) is 4.79 Å². The summed E-state index contributed by atoms with van der Waals surface area (Å²) in [5.41, 5.74) is 3.03. The van der Waals surface area contributed by atoms with E-state index in [0.717, 1.165) is 48.8 Å². The summed E-state index contributed by atoms with van der Waals surface area (Å²) in [6, 6.07) is 15.9. The summed E-state index contributed by atoms with van der Waals surface area (Å²) >= 11 is 6.09. The normalized spacial score (nSPS) is 15.8. The zero-order valence-corrected chi connectivity index (χ0v) is 14.7. The third kappa shape index (κ3) is 3.43. The van der Waals surface area contributed by atoms with Crippen LogP contribution in [0.1, 0.15) is 0 Å². The van der Waals surface area contributed by atoms with E-state index in [-0.39, 0.29) is 5.69 Å². The second kappa shape index (κ2) is 6.94. The minimum atomic E-state index is -0.0289. The van der Waals surface area contributed by atoms with Crippen molar-refractivity contribution in [1.29, 1.82) is 0 Å². The van der Waals surface area contributed by atoms with Crippen molar-refractivity contribution in [3.8, 4) is 0 Å². The van der Waals surface area contributed by atoms with Gasteiger partial charge in [0.1, 0.15) is 0 Å². The number of nitrogens with zero attached hydrogens (tertiary/aromatic N) is 3. The number of benzene rings is 2. The van der Waals surface area contributed by atoms with Crippen molar-refractivity contribution in [2.45, 2.75) is 6.54 Å². The molecular formula is C19H21ClN4O. The second-order valence-electron chi connectivity index (χ2n) is 6.41. The van der Waals surface area contributed by atoms with Gasteiger partial charge in [-0.15, -0.1) is 0 Å². The van der Waals surface area contributed by atoms with Gasteiger partial charge in [0.05, 0.1) is 11.0 Å². The summed E-state index contributed by atoms with van der Waals surface area (Å²) in [5.74, 6) is 0. The Bertz CT molecular complexity index is 924. The first-order valence-electron chi connectivity index (χ1n) is 8.61. The number of halogens is 1. The number of H-pyrrole nitrogens is 1. The lowest BCUT2D eigenvalue weighted by molar-refractivity contribution is 0.248. The van der Waals surface area contributed by atoms with Crippen LogP contribution in [0.15, 0.2) is 53.3 Å². The van der Waals surface area contributed by atoms with Gasteiger partial charge in [0, 0.05) is 50.0 Å². The highest BCUT2D eigenvalue weighted by Gasteiger charge is 2.17. The number of hydrogen-bond acceptors (Lipinski definition) is 3. The van der Waals surface area contributed by atoms with Gasteiger partial charge >= 0.3 is 5.69 Å². The van der Waals surface area contributed by atoms with Crippen molar-refractivity contribution >= 4 is 28.3 Å². The molecule has 6 heteroatoms. The second-order valence-corrected chi connectivity index (χ2v) is 6.84. The van der Waals surface area contributed by atoms with Gasteiger partial charge in [-0.3, -0.25) is 9.47 Å². The third-order valence-electron chi connectivity index (χ3n) is 4.87. The molecule has 2 aromatic carbocycles. The van der Waals surface area contributed by atoms with Crippen molar-refractivity contribution in [2.24, 2.45) is 0 Å². The number of aromatic amines is 1. The lowest BCUT2D eigenvalue weighted by Crippen LogP contribution is -2.47. The Labute approximate surface area is 151 Å². The quantitative estimate of drug-likeness (QED) is 0.781. The molecule has 0 unspecified atom stereocenters. The maximum atomic E-state index is 12.1. The molecule has 0 radical (unpaired) electrons. The van der Waals surface area contributed by atoms with Crippen LogP contribution in [0.3, 0.4) is 0 Å². The molecule has 0 atom stereocenters. The summed E-state index contributed by atoms with van der Waals surface area (Å²) in [6.45, 7) is 5.52. The van der Waals surface area contributed by atoms with Crippen molar-refractivity contribution in [2.75, 3.05) is 37.6 Å². The van der Waals surface area contributed by atoms with E-state index < -0.39 is 0 Å². The molecule has 5 nitrogen and oxygen atoms in total. The predicted octanol–water partition coefficient (Wildman–Crippen LogP) is 2.81. The smallest absolute Gasteiger partial charge is 0.326 e. The Balaban J connectivity index is 1.37. The highest BCUT2D eigenvalue weighted by Crippen LogP contribution is 2.20. The Morgan fingerprint density at radius 1 is 0.960 bits per heavy atom. The highest BCUT2D eigenvalue weighted by molar-refractivity contribution is 6.30. The van der Waals surface area contributed by atoms with Crippen LogP contribution < -0.4 is 10.6 Å². The van der Waals surface area contributed by atoms with Crippen LogP contribution in [-0.2, 0) is 6.54 Å². The molecule has 25 heavy (non-hydrogen) atoms. The fourth-order valence-corrected chi connectivity index (χ4v) is 3.66. The van der Waals surface area contributed by atoms with Crippen LogP contribution in [0.4, 0.5) is 5.69 Å². The fourth-order valence-electron chi connectivity index (χ4n) is 3.47. The number of rotatable bonds is 4. The average molecular weight is 357 g/mol. The van der Waals surface area contributed by atoms with Crippen LogP contribution >= 0.6 is 11.6 Å². The third-order valence-corrected chi connectivity index (χ3v) is 5.10. The molecule has 0 spiro atoms. The van der Waals surface area contributed by atoms with E-state index in [0.29, 0.717) is 6.54 Å². The van der Waals surface area contributed by atoms with Crippen LogP contribution in [0, 0.1) is 0 Å².